The minimum atomic E-state index is -0.843. The number of likely N-dealkylation sites (N-methyl/N-ethyl adjacent to an activating group) is 1. The molecule has 0 aromatic heterocycles. The van der Waals surface area contributed by atoms with E-state index in [1.165, 1.54) is 30.1 Å². The third kappa shape index (κ3) is 6.47. The Morgan fingerprint density at radius 1 is 0.909 bits per heavy atom. The van der Waals surface area contributed by atoms with E-state index in [4.69, 9.17) is 34.8 Å². The monoisotopic (exact) mass is 506 g/mol. The highest BCUT2D eigenvalue weighted by atomic mass is 35.5. The standard InChI is InChI=1S/C25H22Cl3FN2O2/c1-30-25(33)23(13-16-6-3-2-4-7-16)31(15-17-10-11-20(27)21(28)12-17)24(32)14-18-19(26)8-5-9-22(18)29/h2-12,23H,13-15H2,1H3,(H,30,33)/t23-/m0/s1. The summed E-state index contributed by atoms with van der Waals surface area (Å²) in [6, 6.07) is 17.8. The SMILES string of the molecule is CNC(=O)[C@H](Cc1ccccc1)N(Cc1ccc(Cl)c(Cl)c1)C(=O)Cc1c(F)cccc1Cl. The zero-order valence-corrected chi connectivity index (χ0v) is 20.1. The summed E-state index contributed by atoms with van der Waals surface area (Å²) in [5.41, 5.74) is 1.64. The highest BCUT2D eigenvalue weighted by Crippen LogP contribution is 2.26. The highest BCUT2D eigenvalue weighted by molar-refractivity contribution is 6.42. The number of nitrogens with zero attached hydrogens (tertiary/aromatic N) is 1. The predicted molar refractivity (Wildman–Crippen MR) is 130 cm³/mol. The van der Waals surface area contributed by atoms with Crippen molar-refractivity contribution < 1.29 is 14.0 Å². The summed E-state index contributed by atoms with van der Waals surface area (Å²) in [5.74, 6) is -1.37. The summed E-state index contributed by atoms with van der Waals surface area (Å²) in [6.45, 7) is 0.0761. The molecule has 3 aromatic rings. The van der Waals surface area contributed by atoms with Gasteiger partial charge >= 0.3 is 0 Å². The van der Waals surface area contributed by atoms with Crippen LogP contribution < -0.4 is 5.32 Å². The van der Waals surface area contributed by atoms with E-state index in [0.717, 1.165) is 5.56 Å². The number of hydrogen-bond donors (Lipinski definition) is 1. The van der Waals surface area contributed by atoms with E-state index in [2.05, 4.69) is 5.32 Å². The van der Waals surface area contributed by atoms with Crippen molar-refractivity contribution in [3.63, 3.8) is 0 Å². The van der Waals surface area contributed by atoms with Crippen LogP contribution >= 0.6 is 34.8 Å². The Bertz CT molecular complexity index is 1120. The average Bonchev–Trinajstić information content (AvgIpc) is 2.81. The van der Waals surface area contributed by atoms with Crippen molar-refractivity contribution in [2.75, 3.05) is 7.05 Å². The molecule has 2 amide bonds. The Hall–Kier alpha value is -2.60. The Labute approximate surface area is 207 Å². The maximum Gasteiger partial charge on any atom is 0.242 e. The van der Waals surface area contributed by atoms with Crippen molar-refractivity contribution in [1.29, 1.82) is 0 Å². The third-order valence-electron chi connectivity index (χ3n) is 5.24. The maximum absolute atomic E-state index is 14.4. The highest BCUT2D eigenvalue weighted by Gasteiger charge is 2.30. The van der Waals surface area contributed by atoms with Crippen LogP contribution in [0.25, 0.3) is 0 Å². The Kier molecular flexibility index (Phi) is 8.73. The second-order valence-electron chi connectivity index (χ2n) is 7.47. The van der Waals surface area contributed by atoms with Gasteiger partial charge in [0.25, 0.3) is 0 Å². The number of hydrogen-bond acceptors (Lipinski definition) is 2. The van der Waals surface area contributed by atoms with Crippen LogP contribution in [0.15, 0.2) is 66.7 Å². The lowest BCUT2D eigenvalue weighted by Crippen LogP contribution is -2.50. The predicted octanol–water partition coefficient (Wildman–Crippen LogP) is 5.71. The summed E-state index contributed by atoms with van der Waals surface area (Å²) in [4.78, 5) is 27.8. The molecule has 8 heteroatoms. The lowest BCUT2D eigenvalue weighted by Gasteiger charge is -2.31. The molecular formula is C25H22Cl3FN2O2. The van der Waals surface area contributed by atoms with Crippen molar-refractivity contribution in [2.24, 2.45) is 0 Å². The second kappa shape index (κ2) is 11.5. The smallest absolute Gasteiger partial charge is 0.242 e. The van der Waals surface area contributed by atoms with E-state index in [-0.39, 0.29) is 35.9 Å². The summed E-state index contributed by atoms with van der Waals surface area (Å²) in [6.07, 6.45) is -0.0201. The van der Waals surface area contributed by atoms with Gasteiger partial charge in [-0.15, -0.1) is 0 Å². The van der Waals surface area contributed by atoms with E-state index in [1.807, 2.05) is 30.3 Å². The average molecular weight is 508 g/mol. The van der Waals surface area contributed by atoms with Crippen LogP contribution in [0.2, 0.25) is 15.1 Å². The fourth-order valence-electron chi connectivity index (χ4n) is 3.51. The van der Waals surface area contributed by atoms with Crippen LogP contribution in [0, 0.1) is 5.82 Å². The molecule has 1 atom stereocenters. The van der Waals surface area contributed by atoms with Gasteiger partial charge in [0.15, 0.2) is 0 Å². The molecule has 0 aliphatic heterocycles. The first-order valence-electron chi connectivity index (χ1n) is 10.2. The number of nitrogens with one attached hydrogen (secondary N) is 1. The number of halogens is 4. The molecule has 3 aromatic carbocycles. The molecule has 172 valence electrons. The van der Waals surface area contributed by atoms with Crippen LogP contribution in [-0.2, 0) is 29.0 Å². The van der Waals surface area contributed by atoms with Crippen molar-refractivity contribution >= 4 is 46.6 Å². The molecule has 0 bridgehead atoms. The van der Waals surface area contributed by atoms with Crippen LogP contribution in [0.4, 0.5) is 4.39 Å². The van der Waals surface area contributed by atoms with E-state index in [1.54, 1.807) is 18.2 Å². The van der Waals surface area contributed by atoms with Gasteiger partial charge < -0.3 is 10.2 Å². The van der Waals surface area contributed by atoms with Gasteiger partial charge in [0.05, 0.1) is 16.5 Å². The molecule has 0 aliphatic carbocycles. The van der Waals surface area contributed by atoms with Crippen LogP contribution in [0.1, 0.15) is 16.7 Å². The van der Waals surface area contributed by atoms with Crippen LogP contribution in [0.3, 0.4) is 0 Å². The molecule has 1 N–H and O–H groups in total. The van der Waals surface area contributed by atoms with E-state index in [9.17, 15) is 14.0 Å². The Morgan fingerprint density at radius 2 is 1.64 bits per heavy atom. The molecule has 4 nitrogen and oxygen atoms in total. The lowest BCUT2D eigenvalue weighted by molar-refractivity contribution is -0.140. The van der Waals surface area contributed by atoms with Crippen LogP contribution in [0.5, 0.6) is 0 Å². The fraction of sp³-hybridized carbons (Fsp3) is 0.200. The molecule has 0 saturated heterocycles. The van der Waals surface area contributed by atoms with Gasteiger partial charge in [-0.3, -0.25) is 9.59 Å². The molecule has 0 radical (unpaired) electrons. The molecule has 0 fully saturated rings. The minimum absolute atomic E-state index is 0.0761. The second-order valence-corrected chi connectivity index (χ2v) is 8.69. The van der Waals surface area contributed by atoms with Crippen molar-refractivity contribution in [1.82, 2.24) is 10.2 Å². The lowest BCUT2D eigenvalue weighted by atomic mass is 10.0. The number of amides is 2. The van der Waals surface area contributed by atoms with Gasteiger partial charge in [-0.1, -0.05) is 77.3 Å². The molecule has 0 spiro atoms. The maximum atomic E-state index is 14.4. The molecule has 0 unspecified atom stereocenters. The van der Waals surface area contributed by atoms with Gasteiger partial charge in [-0.05, 0) is 35.4 Å². The molecule has 0 heterocycles. The van der Waals surface area contributed by atoms with E-state index >= 15 is 0 Å². The number of carbonyl (C=O) groups is 2. The molecular weight excluding hydrogens is 486 g/mol. The quantitative estimate of drug-likeness (QED) is 0.424. The molecule has 33 heavy (non-hydrogen) atoms. The van der Waals surface area contributed by atoms with Crippen LogP contribution in [-0.4, -0.2) is 29.8 Å². The summed E-state index contributed by atoms with van der Waals surface area (Å²) in [5, 5.41) is 3.49. The van der Waals surface area contributed by atoms with E-state index in [0.29, 0.717) is 15.6 Å². The summed E-state index contributed by atoms with van der Waals surface area (Å²) >= 11 is 18.4. The topological polar surface area (TPSA) is 49.4 Å². The fourth-order valence-corrected chi connectivity index (χ4v) is 4.06. The Morgan fingerprint density at radius 3 is 2.27 bits per heavy atom. The normalized spacial score (nSPS) is 11.7. The van der Waals surface area contributed by atoms with Gasteiger partial charge in [-0.25, -0.2) is 4.39 Å². The van der Waals surface area contributed by atoms with Gasteiger partial charge in [0.2, 0.25) is 11.8 Å². The molecule has 3 rings (SSSR count). The number of rotatable bonds is 8. The number of carbonyl (C=O) groups excluding carboxylic acids is 2. The largest absolute Gasteiger partial charge is 0.357 e. The Balaban J connectivity index is 2.00. The van der Waals surface area contributed by atoms with Crippen molar-refractivity contribution in [3.05, 3.63) is 104 Å². The molecule has 0 saturated carbocycles. The summed E-state index contributed by atoms with van der Waals surface area (Å²) in [7, 11) is 1.51. The van der Waals surface area contributed by atoms with Gasteiger partial charge in [-0.2, -0.15) is 0 Å². The zero-order valence-electron chi connectivity index (χ0n) is 17.8. The number of benzene rings is 3. The minimum Gasteiger partial charge on any atom is -0.357 e. The first kappa shape index (κ1) is 25.0. The van der Waals surface area contributed by atoms with Crippen molar-refractivity contribution in [3.8, 4) is 0 Å². The first-order chi connectivity index (χ1) is 15.8. The third-order valence-corrected chi connectivity index (χ3v) is 6.34. The molecule has 0 aliphatic rings. The first-order valence-corrected chi connectivity index (χ1v) is 11.3. The van der Waals surface area contributed by atoms with Crippen molar-refractivity contribution in [2.45, 2.75) is 25.4 Å². The summed E-state index contributed by atoms with van der Waals surface area (Å²) < 4.78 is 14.4. The van der Waals surface area contributed by atoms with E-state index < -0.39 is 17.8 Å². The van der Waals surface area contributed by atoms with Gasteiger partial charge in [0, 0.05) is 30.6 Å². The van der Waals surface area contributed by atoms with Gasteiger partial charge in [0.1, 0.15) is 11.9 Å². The zero-order chi connectivity index (χ0) is 24.0.